The number of anilines is 1. The summed E-state index contributed by atoms with van der Waals surface area (Å²) >= 11 is 3.82. The van der Waals surface area contributed by atoms with Crippen molar-refractivity contribution in [1.29, 1.82) is 0 Å². The molecule has 0 spiro atoms. The standard InChI is InChI=1S/C6H5I2NO3S/c7-4-1-3(13(10,11)12)2-5(8)6(4)9/h1-2H,9H2,(H,10,11,12). The molecule has 0 amide bonds. The minimum atomic E-state index is -4.13. The lowest BCUT2D eigenvalue weighted by Gasteiger charge is -2.03. The molecule has 3 N–H and O–H groups in total. The third-order valence-corrected chi connectivity index (χ3v) is 3.97. The predicted molar refractivity (Wildman–Crippen MR) is 66.1 cm³/mol. The van der Waals surface area contributed by atoms with Crippen molar-refractivity contribution in [2.45, 2.75) is 4.90 Å². The Morgan fingerprint density at radius 3 is 1.92 bits per heavy atom. The quantitative estimate of drug-likeness (QED) is 0.408. The van der Waals surface area contributed by atoms with E-state index >= 15 is 0 Å². The normalized spacial score (nSPS) is 11.6. The fraction of sp³-hybridized carbons (Fsp3) is 0. The Morgan fingerprint density at radius 1 is 1.23 bits per heavy atom. The molecule has 0 bridgehead atoms. The fourth-order valence-corrected chi connectivity index (χ4v) is 3.43. The molecule has 0 atom stereocenters. The Bertz CT molecular complexity index is 420. The molecule has 4 nitrogen and oxygen atoms in total. The van der Waals surface area contributed by atoms with Gasteiger partial charge in [0, 0.05) is 7.14 Å². The number of halogens is 2. The molecule has 1 aromatic carbocycles. The summed E-state index contributed by atoms with van der Waals surface area (Å²) in [6.07, 6.45) is 0. The van der Waals surface area contributed by atoms with Gasteiger partial charge in [0.05, 0.1) is 10.6 Å². The first-order valence-corrected chi connectivity index (χ1v) is 6.64. The summed E-state index contributed by atoms with van der Waals surface area (Å²) in [6.45, 7) is 0. The maximum Gasteiger partial charge on any atom is 0.294 e. The SMILES string of the molecule is Nc1c(I)cc(S(=O)(=O)O)cc1I. The molecule has 1 aromatic rings. The smallest absolute Gasteiger partial charge is 0.294 e. The van der Waals surface area contributed by atoms with E-state index in [1.165, 1.54) is 12.1 Å². The van der Waals surface area contributed by atoms with E-state index in [9.17, 15) is 8.42 Å². The highest BCUT2D eigenvalue weighted by Crippen LogP contribution is 2.25. The van der Waals surface area contributed by atoms with Crippen molar-refractivity contribution in [3.05, 3.63) is 19.3 Å². The van der Waals surface area contributed by atoms with Crippen molar-refractivity contribution in [1.82, 2.24) is 0 Å². The highest BCUT2D eigenvalue weighted by molar-refractivity contribution is 14.1. The average Bonchev–Trinajstić information content (AvgIpc) is 1.97. The van der Waals surface area contributed by atoms with Gasteiger partial charge in [0.25, 0.3) is 10.1 Å². The van der Waals surface area contributed by atoms with Crippen LogP contribution >= 0.6 is 45.2 Å². The van der Waals surface area contributed by atoms with E-state index in [1.54, 1.807) is 0 Å². The molecular weight excluding hydrogens is 420 g/mol. The van der Waals surface area contributed by atoms with Crippen LogP contribution in [0.25, 0.3) is 0 Å². The maximum atomic E-state index is 10.8. The lowest BCUT2D eigenvalue weighted by molar-refractivity contribution is 0.483. The Hall–Kier alpha value is 0.390. The highest BCUT2D eigenvalue weighted by atomic mass is 127. The first kappa shape index (κ1) is 11.5. The summed E-state index contributed by atoms with van der Waals surface area (Å²) < 4.78 is 31.5. The summed E-state index contributed by atoms with van der Waals surface area (Å²) in [4.78, 5) is -0.129. The van der Waals surface area contributed by atoms with E-state index in [2.05, 4.69) is 0 Å². The molecular formula is C6H5I2NO3S. The molecule has 0 fully saturated rings. The molecule has 13 heavy (non-hydrogen) atoms. The molecule has 0 saturated carbocycles. The van der Waals surface area contributed by atoms with Crippen LogP contribution < -0.4 is 5.73 Å². The molecule has 0 aliphatic carbocycles. The van der Waals surface area contributed by atoms with Crippen molar-refractivity contribution in [3.63, 3.8) is 0 Å². The number of benzene rings is 1. The minimum absolute atomic E-state index is 0.129. The van der Waals surface area contributed by atoms with Crippen LogP contribution in [-0.4, -0.2) is 13.0 Å². The molecule has 0 unspecified atom stereocenters. The number of nitrogens with two attached hydrogens (primary N) is 1. The summed E-state index contributed by atoms with van der Waals surface area (Å²) in [5.41, 5.74) is 6.12. The molecule has 1 rings (SSSR count). The third kappa shape index (κ3) is 2.67. The molecule has 7 heteroatoms. The van der Waals surface area contributed by atoms with Crippen LogP contribution in [0.2, 0.25) is 0 Å². The number of hydrogen-bond acceptors (Lipinski definition) is 3. The first-order chi connectivity index (χ1) is 5.82. The zero-order valence-electron chi connectivity index (χ0n) is 6.16. The zero-order chi connectivity index (χ0) is 10.2. The van der Waals surface area contributed by atoms with E-state index in [1.807, 2.05) is 45.2 Å². The van der Waals surface area contributed by atoms with Gasteiger partial charge in [-0.05, 0) is 57.3 Å². The molecule has 0 saturated heterocycles. The second-order valence-corrected chi connectivity index (χ2v) is 6.02. The number of hydrogen-bond donors (Lipinski definition) is 2. The summed E-state index contributed by atoms with van der Waals surface area (Å²) in [7, 11) is -4.13. The first-order valence-electron chi connectivity index (χ1n) is 3.04. The van der Waals surface area contributed by atoms with Crippen LogP contribution in [0.3, 0.4) is 0 Å². The Labute approximate surface area is 103 Å². The van der Waals surface area contributed by atoms with Crippen molar-refractivity contribution >= 4 is 61.0 Å². The van der Waals surface area contributed by atoms with Gasteiger partial charge in [-0.25, -0.2) is 0 Å². The van der Waals surface area contributed by atoms with Gasteiger partial charge in [-0.1, -0.05) is 0 Å². The predicted octanol–water partition coefficient (Wildman–Crippen LogP) is 1.72. The zero-order valence-corrected chi connectivity index (χ0v) is 11.3. The van der Waals surface area contributed by atoms with Crippen LogP contribution in [0.15, 0.2) is 17.0 Å². The van der Waals surface area contributed by atoms with E-state index in [-0.39, 0.29) is 4.90 Å². The molecule has 0 radical (unpaired) electrons. The van der Waals surface area contributed by atoms with Gasteiger partial charge in [-0.2, -0.15) is 8.42 Å². The lowest BCUT2D eigenvalue weighted by Crippen LogP contribution is -2.02. The van der Waals surface area contributed by atoms with E-state index in [4.69, 9.17) is 10.3 Å². The van der Waals surface area contributed by atoms with Gasteiger partial charge in [0.2, 0.25) is 0 Å². The van der Waals surface area contributed by atoms with Crippen LogP contribution in [0.1, 0.15) is 0 Å². The minimum Gasteiger partial charge on any atom is -0.397 e. The number of nitrogen functional groups attached to an aromatic ring is 1. The second-order valence-electron chi connectivity index (χ2n) is 2.28. The summed E-state index contributed by atoms with van der Waals surface area (Å²) in [5, 5.41) is 0. The van der Waals surface area contributed by atoms with Crippen molar-refractivity contribution < 1.29 is 13.0 Å². The van der Waals surface area contributed by atoms with E-state index < -0.39 is 10.1 Å². The Balaban J connectivity index is 3.47. The second kappa shape index (κ2) is 3.87. The van der Waals surface area contributed by atoms with Crippen LogP contribution in [-0.2, 0) is 10.1 Å². The molecule has 0 aromatic heterocycles. The molecule has 0 aliphatic heterocycles. The van der Waals surface area contributed by atoms with Gasteiger partial charge in [0.15, 0.2) is 0 Å². The molecule has 0 heterocycles. The maximum absolute atomic E-state index is 10.8. The molecule has 72 valence electrons. The largest absolute Gasteiger partial charge is 0.397 e. The van der Waals surface area contributed by atoms with Gasteiger partial charge >= 0.3 is 0 Å². The topological polar surface area (TPSA) is 80.4 Å². The monoisotopic (exact) mass is 425 g/mol. The third-order valence-electron chi connectivity index (χ3n) is 1.35. The van der Waals surface area contributed by atoms with Crippen LogP contribution in [0.5, 0.6) is 0 Å². The summed E-state index contributed by atoms with van der Waals surface area (Å²) in [6, 6.07) is 2.65. The van der Waals surface area contributed by atoms with E-state index in [0.29, 0.717) is 12.8 Å². The highest BCUT2D eigenvalue weighted by Gasteiger charge is 2.13. The van der Waals surface area contributed by atoms with Crippen LogP contribution in [0, 0.1) is 7.14 Å². The van der Waals surface area contributed by atoms with Crippen molar-refractivity contribution in [2.24, 2.45) is 0 Å². The van der Waals surface area contributed by atoms with Crippen molar-refractivity contribution in [2.75, 3.05) is 5.73 Å². The lowest BCUT2D eigenvalue weighted by atomic mass is 10.3. The van der Waals surface area contributed by atoms with Gasteiger partial charge in [0.1, 0.15) is 0 Å². The fourth-order valence-electron chi connectivity index (χ4n) is 0.710. The van der Waals surface area contributed by atoms with E-state index in [0.717, 1.165) is 0 Å². The van der Waals surface area contributed by atoms with Crippen molar-refractivity contribution in [3.8, 4) is 0 Å². The van der Waals surface area contributed by atoms with Gasteiger partial charge in [-0.3, -0.25) is 4.55 Å². The Kier molecular flexibility index (Phi) is 3.41. The van der Waals surface area contributed by atoms with Gasteiger partial charge in [-0.15, -0.1) is 0 Å². The number of rotatable bonds is 1. The summed E-state index contributed by atoms with van der Waals surface area (Å²) in [5.74, 6) is 0. The Morgan fingerprint density at radius 2 is 1.62 bits per heavy atom. The average molecular weight is 425 g/mol. The van der Waals surface area contributed by atoms with Crippen LogP contribution in [0.4, 0.5) is 5.69 Å². The molecule has 0 aliphatic rings. The van der Waals surface area contributed by atoms with Gasteiger partial charge < -0.3 is 5.73 Å².